The molecule has 0 bridgehead atoms. The molecule has 0 saturated carbocycles. The van der Waals surface area contributed by atoms with Crippen molar-refractivity contribution in [1.29, 1.82) is 0 Å². The molecule has 0 heterocycles. The number of aryl methyl sites for hydroxylation is 2. The molecular formula is C22H18. The van der Waals surface area contributed by atoms with Gasteiger partial charge in [-0.15, -0.1) is 0 Å². The van der Waals surface area contributed by atoms with E-state index in [-0.39, 0.29) is 0 Å². The lowest BCUT2D eigenvalue weighted by Gasteiger charge is -2.08. The Balaban J connectivity index is 1.74. The Morgan fingerprint density at radius 1 is 0.545 bits per heavy atom. The fourth-order valence-electron chi connectivity index (χ4n) is 4.21. The highest BCUT2D eigenvalue weighted by atomic mass is 14.3. The maximum atomic E-state index is 2.36. The third kappa shape index (κ3) is 1.53. The summed E-state index contributed by atoms with van der Waals surface area (Å²) in [6.45, 7) is 4.37. The van der Waals surface area contributed by atoms with Crippen LogP contribution >= 0.6 is 0 Å². The zero-order valence-corrected chi connectivity index (χ0v) is 13.0. The Morgan fingerprint density at radius 2 is 1.14 bits per heavy atom. The first kappa shape index (κ1) is 12.2. The summed E-state index contributed by atoms with van der Waals surface area (Å²) in [6.07, 6.45) is 2.20. The fourth-order valence-corrected chi connectivity index (χ4v) is 4.21. The second kappa shape index (κ2) is 4.10. The lowest BCUT2D eigenvalue weighted by molar-refractivity contribution is 1.16. The van der Waals surface area contributed by atoms with Gasteiger partial charge in [-0.1, -0.05) is 59.7 Å². The molecule has 0 nitrogen and oxygen atoms in total. The van der Waals surface area contributed by atoms with Gasteiger partial charge >= 0.3 is 0 Å². The van der Waals surface area contributed by atoms with Gasteiger partial charge < -0.3 is 0 Å². The number of rotatable bonds is 0. The number of fused-ring (bicyclic) bond motifs is 7. The van der Waals surface area contributed by atoms with Crippen molar-refractivity contribution >= 4 is 0 Å². The van der Waals surface area contributed by atoms with Crippen LogP contribution in [0.2, 0.25) is 0 Å². The molecule has 2 aliphatic carbocycles. The topological polar surface area (TPSA) is 0 Å². The van der Waals surface area contributed by atoms with Gasteiger partial charge in [0.05, 0.1) is 0 Å². The summed E-state index contributed by atoms with van der Waals surface area (Å²) < 4.78 is 0. The van der Waals surface area contributed by atoms with E-state index in [0.29, 0.717) is 0 Å². The van der Waals surface area contributed by atoms with Crippen LogP contribution in [0.25, 0.3) is 22.3 Å². The van der Waals surface area contributed by atoms with Crippen molar-refractivity contribution in [1.82, 2.24) is 0 Å². The van der Waals surface area contributed by atoms with Crippen LogP contribution < -0.4 is 0 Å². The van der Waals surface area contributed by atoms with Gasteiger partial charge in [-0.2, -0.15) is 0 Å². The van der Waals surface area contributed by atoms with E-state index in [2.05, 4.69) is 62.4 Å². The van der Waals surface area contributed by atoms with E-state index in [1.165, 1.54) is 44.5 Å². The first-order valence-electron chi connectivity index (χ1n) is 8.05. The molecule has 22 heavy (non-hydrogen) atoms. The molecule has 0 heteroatoms. The van der Waals surface area contributed by atoms with Crippen LogP contribution in [0.3, 0.4) is 0 Å². The highest BCUT2D eigenvalue weighted by Crippen LogP contribution is 2.46. The van der Waals surface area contributed by atoms with Gasteiger partial charge in [0, 0.05) is 0 Å². The Labute approximate surface area is 131 Å². The minimum absolute atomic E-state index is 1.10. The number of hydrogen-bond donors (Lipinski definition) is 0. The van der Waals surface area contributed by atoms with Gasteiger partial charge in [0.2, 0.25) is 0 Å². The summed E-state index contributed by atoms with van der Waals surface area (Å²) >= 11 is 0. The highest BCUT2D eigenvalue weighted by molar-refractivity contribution is 5.86. The highest BCUT2D eigenvalue weighted by Gasteiger charge is 2.27. The van der Waals surface area contributed by atoms with Crippen molar-refractivity contribution < 1.29 is 0 Å². The summed E-state index contributed by atoms with van der Waals surface area (Å²) in [5, 5.41) is 0. The predicted molar refractivity (Wildman–Crippen MR) is 92.4 cm³/mol. The van der Waals surface area contributed by atoms with Crippen molar-refractivity contribution in [3.63, 3.8) is 0 Å². The zero-order valence-electron chi connectivity index (χ0n) is 13.0. The van der Waals surface area contributed by atoms with E-state index in [4.69, 9.17) is 0 Å². The molecule has 0 spiro atoms. The standard InChI is InChI=1S/C22H18/c1-13-4-6-17-16(9-13)12-22-18(17)7-8-19-20-10-14(2)3-5-15(20)11-21(19)22/h3-10H,11-12H2,1-2H3. The monoisotopic (exact) mass is 282 g/mol. The van der Waals surface area contributed by atoms with Crippen LogP contribution in [0.5, 0.6) is 0 Å². The molecule has 0 saturated heterocycles. The van der Waals surface area contributed by atoms with Crippen molar-refractivity contribution in [2.75, 3.05) is 0 Å². The minimum atomic E-state index is 1.10. The minimum Gasteiger partial charge on any atom is -0.0590 e. The van der Waals surface area contributed by atoms with Gasteiger partial charge in [0.25, 0.3) is 0 Å². The van der Waals surface area contributed by atoms with Crippen molar-refractivity contribution in [3.05, 3.63) is 81.9 Å². The largest absolute Gasteiger partial charge is 0.0590 e. The normalized spacial score (nSPS) is 13.5. The molecule has 2 aliphatic rings. The molecule has 3 aromatic rings. The van der Waals surface area contributed by atoms with Crippen LogP contribution in [0.4, 0.5) is 0 Å². The third-order valence-electron chi connectivity index (χ3n) is 5.27. The maximum Gasteiger partial charge on any atom is -0.00103 e. The van der Waals surface area contributed by atoms with Crippen LogP contribution in [-0.4, -0.2) is 0 Å². The van der Waals surface area contributed by atoms with Crippen LogP contribution in [0.15, 0.2) is 48.5 Å². The van der Waals surface area contributed by atoms with Gasteiger partial charge in [-0.25, -0.2) is 0 Å². The predicted octanol–water partition coefficient (Wildman–Crippen LogP) is 5.45. The maximum absolute atomic E-state index is 2.36. The molecule has 0 unspecified atom stereocenters. The first-order valence-corrected chi connectivity index (χ1v) is 8.05. The molecule has 0 amide bonds. The quantitative estimate of drug-likeness (QED) is 0.354. The summed E-state index contributed by atoms with van der Waals surface area (Å²) in [7, 11) is 0. The van der Waals surface area contributed by atoms with Crippen molar-refractivity contribution in [3.8, 4) is 22.3 Å². The van der Waals surface area contributed by atoms with E-state index in [1.54, 1.807) is 11.1 Å². The van der Waals surface area contributed by atoms with Gasteiger partial charge in [-0.3, -0.25) is 0 Å². The summed E-state index contributed by atoms with van der Waals surface area (Å²) in [6, 6.07) is 18.5. The van der Waals surface area contributed by atoms with Gasteiger partial charge in [0.1, 0.15) is 0 Å². The van der Waals surface area contributed by atoms with Gasteiger partial charge in [0.15, 0.2) is 0 Å². The Morgan fingerprint density at radius 3 is 1.95 bits per heavy atom. The van der Waals surface area contributed by atoms with E-state index < -0.39 is 0 Å². The van der Waals surface area contributed by atoms with Crippen molar-refractivity contribution in [2.24, 2.45) is 0 Å². The van der Waals surface area contributed by atoms with E-state index in [9.17, 15) is 0 Å². The molecule has 0 fully saturated rings. The summed E-state index contributed by atoms with van der Waals surface area (Å²) in [5.74, 6) is 0. The third-order valence-corrected chi connectivity index (χ3v) is 5.27. The smallest absolute Gasteiger partial charge is 0.00103 e. The van der Waals surface area contributed by atoms with Crippen LogP contribution in [0.1, 0.15) is 33.4 Å². The Bertz CT molecular complexity index is 944. The van der Waals surface area contributed by atoms with Crippen LogP contribution in [-0.2, 0) is 12.8 Å². The molecule has 0 atom stereocenters. The second-order valence-corrected chi connectivity index (χ2v) is 6.79. The second-order valence-electron chi connectivity index (χ2n) is 6.79. The lowest BCUT2D eigenvalue weighted by atomic mass is 9.96. The van der Waals surface area contributed by atoms with Crippen molar-refractivity contribution in [2.45, 2.75) is 26.7 Å². The number of benzene rings is 3. The SMILES string of the molecule is Cc1ccc2c(c1)Cc1c-2ccc2c1Cc1ccc(C)cc1-2. The zero-order chi connectivity index (χ0) is 14.8. The molecule has 106 valence electrons. The summed E-state index contributed by atoms with van der Waals surface area (Å²) in [4.78, 5) is 0. The molecule has 0 aromatic heterocycles. The van der Waals surface area contributed by atoms with E-state index in [0.717, 1.165) is 12.8 Å². The molecule has 3 aromatic carbocycles. The van der Waals surface area contributed by atoms with E-state index >= 15 is 0 Å². The molecular weight excluding hydrogens is 264 g/mol. The lowest BCUT2D eigenvalue weighted by Crippen LogP contribution is -1.90. The molecule has 0 aliphatic heterocycles. The molecule has 5 rings (SSSR count). The Kier molecular flexibility index (Phi) is 2.28. The average Bonchev–Trinajstić information content (AvgIpc) is 3.04. The van der Waals surface area contributed by atoms with Gasteiger partial charge in [-0.05, 0) is 71.2 Å². The molecule has 0 radical (unpaired) electrons. The van der Waals surface area contributed by atoms with E-state index in [1.807, 2.05) is 0 Å². The average molecular weight is 282 g/mol. The number of hydrogen-bond acceptors (Lipinski definition) is 0. The Hall–Kier alpha value is -2.34. The summed E-state index contributed by atoms with van der Waals surface area (Å²) in [5.41, 5.74) is 14.6. The first-order chi connectivity index (χ1) is 10.7. The molecule has 0 N–H and O–H groups in total. The van der Waals surface area contributed by atoms with Crippen LogP contribution in [0, 0.1) is 13.8 Å². The fraction of sp³-hybridized carbons (Fsp3) is 0.182.